The highest BCUT2D eigenvalue weighted by atomic mass is 79.9. The van der Waals surface area contributed by atoms with Gasteiger partial charge in [-0.25, -0.2) is 0 Å². The Balaban J connectivity index is 2.31. The van der Waals surface area contributed by atoms with Crippen molar-refractivity contribution in [2.24, 2.45) is 0 Å². The Morgan fingerprint density at radius 3 is 2.88 bits per heavy atom. The van der Waals surface area contributed by atoms with Crippen molar-refractivity contribution in [3.63, 3.8) is 0 Å². The molecular weight excluding hydrogens is 280 g/mol. The normalized spacial score (nSPS) is 10.8. The second-order valence-corrected chi connectivity index (χ2v) is 4.88. The SMILES string of the molecule is CCN(C)C(=O)Cn1ccc2c(Br)cccc21. The first-order valence-corrected chi connectivity index (χ1v) is 6.40. The van der Waals surface area contributed by atoms with Crippen LogP contribution >= 0.6 is 15.9 Å². The standard InChI is InChI=1S/C13H15BrN2O/c1-3-15(2)13(17)9-16-8-7-10-11(14)5-4-6-12(10)16/h4-8H,3,9H2,1-2H3. The maximum atomic E-state index is 11.9. The number of amides is 1. The predicted molar refractivity (Wildman–Crippen MR) is 72.9 cm³/mol. The maximum Gasteiger partial charge on any atom is 0.242 e. The van der Waals surface area contributed by atoms with Crippen LogP contribution in [-0.2, 0) is 11.3 Å². The Morgan fingerprint density at radius 1 is 1.41 bits per heavy atom. The Kier molecular flexibility index (Phi) is 3.52. The number of carbonyl (C=O) groups excluding carboxylic acids is 1. The van der Waals surface area contributed by atoms with Gasteiger partial charge in [0.25, 0.3) is 0 Å². The van der Waals surface area contributed by atoms with Crippen LogP contribution in [0.15, 0.2) is 34.9 Å². The second-order valence-electron chi connectivity index (χ2n) is 4.02. The largest absolute Gasteiger partial charge is 0.344 e. The summed E-state index contributed by atoms with van der Waals surface area (Å²) in [4.78, 5) is 13.6. The molecule has 2 aromatic rings. The van der Waals surface area contributed by atoms with Gasteiger partial charge in [-0.1, -0.05) is 22.0 Å². The monoisotopic (exact) mass is 294 g/mol. The smallest absolute Gasteiger partial charge is 0.242 e. The average molecular weight is 295 g/mol. The van der Waals surface area contributed by atoms with Crippen molar-refractivity contribution in [1.29, 1.82) is 0 Å². The van der Waals surface area contributed by atoms with E-state index < -0.39 is 0 Å². The number of rotatable bonds is 3. The Morgan fingerprint density at radius 2 is 2.18 bits per heavy atom. The topological polar surface area (TPSA) is 25.2 Å². The van der Waals surface area contributed by atoms with Gasteiger partial charge >= 0.3 is 0 Å². The number of carbonyl (C=O) groups is 1. The maximum absolute atomic E-state index is 11.9. The highest BCUT2D eigenvalue weighted by molar-refractivity contribution is 9.10. The van der Waals surface area contributed by atoms with Gasteiger partial charge in [0.1, 0.15) is 6.54 Å². The lowest BCUT2D eigenvalue weighted by Crippen LogP contribution is -2.29. The van der Waals surface area contributed by atoms with E-state index in [1.54, 1.807) is 4.90 Å². The lowest BCUT2D eigenvalue weighted by molar-refractivity contribution is -0.130. The lowest BCUT2D eigenvalue weighted by Gasteiger charge is -2.15. The molecule has 2 rings (SSSR count). The molecule has 0 bridgehead atoms. The fraction of sp³-hybridized carbons (Fsp3) is 0.308. The Hall–Kier alpha value is -1.29. The zero-order valence-corrected chi connectivity index (χ0v) is 11.6. The number of halogens is 1. The average Bonchev–Trinajstić information content (AvgIpc) is 2.73. The number of hydrogen-bond acceptors (Lipinski definition) is 1. The number of benzene rings is 1. The van der Waals surface area contributed by atoms with Gasteiger partial charge in [-0.15, -0.1) is 0 Å². The molecule has 1 amide bonds. The molecule has 1 heterocycles. The third-order valence-electron chi connectivity index (χ3n) is 2.97. The van der Waals surface area contributed by atoms with Gasteiger partial charge in [-0.05, 0) is 25.1 Å². The van der Waals surface area contributed by atoms with Crippen LogP contribution < -0.4 is 0 Å². The highest BCUT2D eigenvalue weighted by Gasteiger charge is 2.10. The summed E-state index contributed by atoms with van der Waals surface area (Å²) in [6.07, 6.45) is 1.96. The fourth-order valence-electron chi connectivity index (χ4n) is 1.77. The first-order chi connectivity index (χ1) is 8.13. The van der Waals surface area contributed by atoms with Crippen LogP contribution in [0.5, 0.6) is 0 Å². The van der Waals surface area contributed by atoms with E-state index in [2.05, 4.69) is 15.9 Å². The van der Waals surface area contributed by atoms with Crippen molar-refractivity contribution in [1.82, 2.24) is 9.47 Å². The van der Waals surface area contributed by atoms with Crippen LogP contribution in [0.1, 0.15) is 6.92 Å². The molecule has 0 unspecified atom stereocenters. The third-order valence-corrected chi connectivity index (χ3v) is 3.66. The van der Waals surface area contributed by atoms with Crippen molar-refractivity contribution in [2.45, 2.75) is 13.5 Å². The molecule has 0 fully saturated rings. The van der Waals surface area contributed by atoms with Crippen LogP contribution in [0.25, 0.3) is 10.9 Å². The van der Waals surface area contributed by atoms with E-state index in [9.17, 15) is 4.79 Å². The van der Waals surface area contributed by atoms with Gasteiger partial charge in [0.2, 0.25) is 5.91 Å². The molecule has 1 aromatic heterocycles. The van der Waals surface area contributed by atoms with E-state index in [1.165, 1.54) is 0 Å². The molecule has 1 aromatic carbocycles. The van der Waals surface area contributed by atoms with E-state index in [4.69, 9.17) is 0 Å². The minimum absolute atomic E-state index is 0.130. The number of nitrogens with zero attached hydrogens (tertiary/aromatic N) is 2. The molecular formula is C13H15BrN2O. The van der Waals surface area contributed by atoms with Crippen molar-refractivity contribution < 1.29 is 4.79 Å². The summed E-state index contributed by atoms with van der Waals surface area (Å²) < 4.78 is 3.04. The quantitative estimate of drug-likeness (QED) is 0.854. The molecule has 0 saturated carbocycles. The van der Waals surface area contributed by atoms with Crippen LogP contribution in [-0.4, -0.2) is 29.0 Å². The molecule has 0 aliphatic rings. The molecule has 0 aliphatic heterocycles. The van der Waals surface area contributed by atoms with Crippen molar-refractivity contribution in [2.75, 3.05) is 13.6 Å². The highest BCUT2D eigenvalue weighted by Crippen LogP contribution is 2.24. The van der Waals surface area contributed by atoms with Crippen molar-refractivity contribution >= 4 is 32.7 Å². The Bertz CT molecular complexity index is 547. The molecule has 0 saturated heterocycles. The van der Waals surface area contributed by atoms with Crippen LogP contribution in [0.4, 0.5) is 0 Å². The summed E-state index contributed by atoms with van der Waals surface area (Å²) in [5.41, 5.74) is 1.08. The zero-order chi connectivity index (χ0) is 12.4. The summed E-state index contributed by atoms with van der Waals surface area (Å²) in [6, 6.07) is 8.04. The molecule has 90 valence electrons. The van der Waals surface area contributed by atoms with Crippen LogP contribution in [0.3, 0.4) is 0 Å². The van der Waals surface area contributed by atoms with E-state index >= 15 is 0 Å². The molecule has 17 heavy (non-hydrogen) atoms. The molecule has 0 atom stereocenters. The summed E-state index contributed by atoms with van der Waals surface area (Å²) in [5.74, 6) is 0.130. The van der Waals surface area contributed by atoms with Crippen LogP contribution in [0.2, 0.25) is 0 Å². The molecule has 0 radical (unpaired) electrons. The second kappa shape index (κ2) is 4.92. The number of aromatic nitrogens is 1. The molecule has 0 N–H and O–H groups in total. The van der Waals surface area contributed by atoms with E-state index in [-0.39, 0.29) is 5.91 Å². The number of hydrogen-bond donors (Lipinski definition) is 0. The molecule has 3 nitrogen and oxygen atoms in total. The van der Waals surface area contributed by atoms with Crippen molar-refractivity contribution in [3.8, 4) is 0 Å². The number of likely N-dealkylation sites (N-methyl/N-ethyl adjacent to an activating group) is 1. The minimum atomic E-state index is 0.130. The number of fused-ring (bicyclic) bond motifs is 1. The third kappa shape index (κ3) is 2.36. The summed E-state index contributed by atoms with van der Waals surface area (Å²) in [6.45, 7) is 3.11. The Labute approximate surface area is 109 Å². The van der Waals surface area contributed by atoms with E-state index in [0.29, 0.717) is 6.54 Å². The summed E-state index contributed by atoms with van der Waals surface area (Å²) in [7, 11) is 1.82. The van der Waals surface area contributed by atoms with Gasteiger partial charge in [0, 0.05) is 35.2 Å². The van der Waals surface area contributed by atoms with E-state index in [0.717, 1.165) is 21.9 Å². The summed E-state index contributed by atoms with van der Waals surface area (Å²) in [5, 5.41) is 1.14. The molecule has 0 aliphatic carbocycles. The first-order valence-electron chi connectivity index (χ1n) is 5.60. The van der Waals surface area contributed by atoms with Gasteiger partial charge in [-0.3, -0.25) is 4.79 Å². The van der Waals surface area contributed by atoms with Gasteiger partial charge in [0.15, 0.2) is 0 Å². The first kappa shape index (κ1) is 12.2. The molecule has 0 spiro atoms. The van der Waals surface area contributed by atoms with Gasteiger partial charge in [0.05, 0.1) is 0 Å². The summed E-state index contributed by atoms with van der Waals surface area (Å²) >= 11 is 3.51. The fourth-order valence-corrected chi connectivity index (χ4v) is 2.25. The van der Waals surface area contributed by atoms with Gasteiger partial charge in [-0.2, -0.15) is 0 Å². The van der Waals surface area contributed by atoms with E-state index in [1.807, 2.05) is 49.0 Å². The minimum Gasteiger partial charge on any atom is -0.344 e. The van der Waals surface area contributed by atoms with Crippen molar-refractivity contribution in [3.05, 3.63) is 34.9 Å². The molecule has 4 heteroatoms. The van der Waals surface area contributed by atoms with Gasteiger partial charge < -0.3 is 9.47 Å². The zero-order valence-electron chi connectivity index (χ0n) is 9.98. The predicted octanol–water partition coefficient (Wildman–Crippen LogP) is 2.88. The van der Waals surface area contributed by atoms with Crippen LogP contribution in [0, 0.1) is 0 Å². The lowest BCUT2D eigenvalue weighted by atomic mass is 10.2.